The van der Waals surface area contributed by atoms with Crippen molar-refractivity contribution >= 4 is 23.2 Å². The fraction of sp³-hybridized carbons (Fsp3) is 0.133. The molecule has 2 aromatic rings. The number of nitriles is 1. The van der Waals surface area contributed by atoms with Gasteiger partial charge in [-0.1, -0.05) is 29.3 Å². The lowest BCUT2D eigenvalue weighted by Gasteiger charge is -2.09. The number of ether oxygens (including phenoxy) is 1. The molecule has 0 atom stereocenters. The third-order valence-electron chi connectivity index (χ3n) is 2.75. The molecule has 0 heterocycles. The second-order valence-electron chi connectivity index (χ2n) is 4.02. The summed E-state index contributed by atoms with van der Waals surface area (Å²) in [6.45, 7) is 0. The van der Waals surface area contributed by atoms with Gasteiger partial charge in [0.05, 0.1) is 19.6 Å². The Bertz CT molecular complexity index is 627. The molecule has 0 saturated carbocycles. The maximum absolute atomic E-state index is 8.84. The van der Waals surface area contributed by atoms with Crippen molar-refractivity contribution in [3.8, 4) is 22.9 Å². The van der Waals surface area contributed by atoms with Crippen LogP contribution in [0.4, 0.5) is 0 Å². The normalized spacial score (nSPS) is 10.0. The molecule has 2 rings (SSSR count). The number of hydrogen-bond acceptors (Lipinski definition) is 2. The molecule has 2 nitrogen and oxygen atoms in total. The van der Waals surface area contributed by atoms with Gasteiger partial charge in [0.1, 0.15) is 5.75 Å². The monoisotopic (exact) mass is 291 g/mol. The van der Waals surface area contributed by atoms with Crippen molar-refractivity contribution in [3.63, 3.8) is 0 Å². The van der Waals surface area contributed by atoms with Crippen LogP contribution in [0.2, 0.25) is 10.0 Å². The molecule has 19 heavy (non-hydrogen) atoms. The van der Waals surface area contributed by atoms with Crippen molar-refractivity contribution in [2.24, 2.45) is 0 Å². The molecule has 96 valence electrons. The Morgan fingerprint density at radius 2 is 1.74 bits per heavy atom. The van der Waals surface area contributed by atoms with Gasteiger partial charge in [0.2, 0.25) is 0 Å². The Labute approximate surface area is 122 Å². The van der Waals surface area contributed by atoms with Gasteiger partial charge in [0.25, 0.3) is 0 Å². The highest BCUT2D eigenvalue weighted by Crippen LogP contribution is 2.30. The Hall–Kier alpha value is -1.69. The summed E-state index contributed by atoms with van der Waals surface area (Å²) < 4.78 is 5.23. The van der Waals surface area contributed by atoms with E-state index in [1.54, 1.807) is 13.2 Å². The topological polar surface area (TPSA) is 33.0 Å². The first kappa shape index (κ1) is 13.7. The molecule has 4 heteroatoms. The van der Waals surface area contributed by atoms with Gasteiger partial charge >= 0.3 is 0 Å². The fourth-order valence-electron chi connectivity index (χ4n) is 1.90. The first-order valence-electron chi connectivity index (χ1n) is 5.64. The van der Waals surface area contributed by atoms with Crippen LogP contribution < -0.4 is 4.74 Å². The average Bonchev–Trinajstić information content (AvgIpc) is 2.38. The summed E-state index contributed by atoms with van der Waals surface area (Å²) in [4.78, 5) is 0. The van der Waals surface area contributed by atoms with Crippen molar-refractivity contribution in [2.45, 2.75) is 6.42 Å². The number of halogens is 2. The molecular weight excluding hydrogens is 281 g/mol. The van der Waals surface area contributed by atoms with Crippen LogP contribution in [0.5, 0.6) is 5.75 Å². The van der Waals surface area contributed by atoms with E-state index in [-0.39, 0.29) is 0 Å². The number of benzene rings is 2. The molecule has 0 unspecified atom stereocenters. The van der Waals surface area contributed by atoms with E-state index in [4.69, 9.17) is 33.2 Å². The minimum Gasteiger partial charge on any atom is -0.496 e. The lowest BCUT2D eigenvalue weighted by Crippen LogP contribution is -1.92. The fourth-order valence-corrected chi connectivity index (χ4v) is 2.43. The van der Waals surface area contributed by atoms with Gasteiger partial charge in [-0.2, -0.15) is 5.26 Å². The smallest absolute Gasteiger partial charge is 0.123 e. The van der Waals surface area contributed by atoms with E-state index in [2.05, 4.69) is 6.07 Å². The molecule has 2 aromatic carbocycles. The van der Waals surface area contributed by atoms with Gasteiger partial charge in [-0.15, -0.1) is 0 Å². The zero-order valence-electron chi connectivity index (χ0n) is 10.3. The summed E-state index contributed by atoms with van der Waals surface area (Å²) in [5.41, 5.74) is 2.72. The van der Waals surface area contributed by atoms with Gasteiger partial charge in [-0.25, -0.2) is 0 Å². The maximum Gasteiger partial charge on any atom is 0.123 e. The lowest BCUT2D eigenvalue weighted by molar-refractivity contribution is 0.411. The van der Waals surface area contributed by atoms with E-state index in [9.17, 15) is 0 Å². The Balaban J connectivity index is 2.51. The van der Waals surface area contributed by atoms with Crippen molar-refractivity contribution < 1.29 is 4.74 Å². The van der Waals surface area contributed by atoms with Gasteiger partial charge in [-0.05, 0) is 41.5 Å². The van der Waals surface area contributed by atoms with Crippen LogP contribution >= 0.6 is 23.2 Å². The van der Waals surface area contributed by atoms with Gasteiger partial charge in [-0.3, -0.25) is 0 Å². The van der Waals surface area contributed by atoms with E-state index in [1.807, 2.05) is 30.3 Å². The molecule has 0 aromatic heterocycles. The first-order chi connectivity index (χ1) is 9.13. The Morgan fingerprint density at radius 1 is 1.05 bits per heavy atom. The summed E-state index contributed by atoms with van der Waals surface area (Å²) >= 11 is 12.0. The predicted molar refractivity (Wildman–Crippen MR) is 77.8 cm³/mol. The van der Waals surface area contributed by atoms with Crippen LogP contribution in [-0.4, -0.2) is 7.11 Å². The van der Waals surface area contributed by atoms with Crippen LogP contribution in [-0.2, 0) is 6.42 Å². The summed E-state index contributed by atoms with van der Waals surface area (Å²) in [5.74, 6) is 0.707. The van der Waals surface area contributed by atoms with Crippen LogP contribution in [0.25, 0.3) is 11.1 Å². The van der Waals surface area contributed by atoms with Crippen LogP contribution in [0.15, 0.2) is 36.4 Å². The second kappa shape index (κ2) is 5.97. The molecule has 0 aliphatic rings. The van der Waals surface area contributed by atoms with E-state index in [1.165, 1.54) is 0 Å². The highest BCUT2D eigenvalue weighted by molar-refractivity contribution is 6.35. The van der Waals surface area contributed by atoms with Crippen molar-refractivity contribution in [1.29, 1.82) is 5.26 Å². The largest absolute Gasteiger partial charge is 0.496 e. The van der Waals surface area contributed by atoms with Crippen molar-refractivity contribution in [3.05, 3.63) is 52.0 Å². The molecule has 0 radical (unpaired) electrons. The zero-order valence-corrected chi connectivity index (χ0v) is 11.8. The molecule has 0 aliphatic carbocycles. The standard InChI is InChI=1S/C15H11Cl2NO/c1-19-15-3-2-10(6-11(15)4-5-18)12-7-13(16)9-14(17)8-12/h2-3,6-9H,4H2,1H3. The molecule has 0 saturated heterocycles. The molecule has 0 bridgehead atoms. The molecule has 0 aliphatic heterocycles. The van der Waals surface area contributed by atoms with Gasteiger partial charge in [0.15, 0.2) is 0 Å². The zero-order chi connectivity index (χ0) is 13.8. The molecule has 0 amide bonds. The SMILES string of the molecule is COc1ccc(-c2cc(Cl)cc(Cl)c2)cc1CC#N. The highest BCUT2D eigenvalue weighted by Gasteiger charge is 2.07. The van der Waals surface area contributed by atoms with Crippen LogP contribution in [0.3, 0.4) is 0 Å². The van der Waals surface area contributed by atoms with E-state index >= 15 is 0 Å². The number of nitrogens with zero attached hydrogens (tertiary/aromatic N) is 1. The Kier molecular flexibility index (Phi) is 4.31. The predicted octanol–water partition coefficient (Wildman–Crippen LogP) is 4.74. The quantitative estimate of drug-likeness (QED) is 0.819. The third kappa shape index (κ3) is 3.20. The second-order valence-corrected chi connectivity index (χ2v) is 4.89. The summed E-state index contributed by atoms with van der Waals surface area (Å²) in [7, 11) is 1.59. The Morgan fingerprint density at radius 3 is 2.32 bits per heavy atom. The van der Waals surface area contributed by atoms with Crippen LogP contribution in [0, 0.1) is 11.3 Å². The van der Waals surface area contributed by atoms with E-state index in [0.29, 0.717) is 22.2 Å². The minimum atomic E-state index is 0.297. The van der Waals surface area contributed by atoms with E-state index in [0.717, 1.165) is 16.7 Å². The number of methoxy groups -OCH3 is 1. The summed E-state index contributed by atoms with van der Waals surface area (Å²) in [6, 6.07) is 13.2. The van der Waals surface area contributed by atoms with Gasteiger partial charge in [0, 0.05) is 15.6 Å². The summed E-state index contributed by atoms with van der Waals surface area (Å²) in [6.07, 6.45) is 0.297. The third-order valence-corrected chi connectivity index (χ3v) is 3.18. The molecular formula is C15H11Cl2NO. The summed E-state index contributed by atoms with van der Waals surface area (Å²) in [5, 5.41) is 10.0. The first-order valence-corrected chi connectivity index (χ1v) is 6.40. The molecule has 0 N–H and O–H groups in total. The van der Waals surface area contributed by atoms with Crippen LogP contribution in [0.1, 0.15) is 5.56 Å². The average molecular weight is 292 g/mol. The number of hydrogen-bond donors (Lipinski definition) is 0. The maximum atomic E-state index is 8.84. The molecule has 0 fully saturated rings. The number of rotatable bonds is 3. The molecule has 0 spiro atoms. The lowest BCUT2D eigenvalue weighted by atomic mass is 10.0. The van der Waals surface area contributed by atoms with Gasteiger partial charge < -0.3 is 4.74 Å². The van der Waals surface area contributed by atoms with Crippen molar-refractivity contribution in [2.75, 3.05) is 7.11 Å². The van der Waals surface area contributed by atoms with E-state index < -0.39 is 0 Å². The highest BCUT2D eigenvalue weighted by atomic mass is 35.5. The van der Waals surface area contributed by atoms with Crippen molar-refractivity contribution in [1.82, 2.24) is 0 Å². The minimum absolute atomic E-state index is 0.297.